The van der Waals surface area contributed by atoms with Crippen LogP contribution in [0.5, 0.6) is 5.75 Å². The second-order valence-electron chi connectivity index (χ2n) is 8.85. The highest BCUT2D eigenvalue weighted by atomic mass is 16.5. The molecular formula is C26H27N3O3. The minimum absolute atomic E-state index is 0.0555. The van der Waals surface area contributed by atoms with Crippen LogP contribution in [0.1, 0.15) is 36.2 Å². The molecule has 0 radical (unpaired) electrons. The van der Waals surface area contributed by atoms with Crippen molar-refractivity contribution in [1.82, 2.24) is 15.2 Å². The van der Waals surface area contributed by atoms with Gasteiger partial charge in [-0.1, -0.05) is 44.2 Å². The number of allylic oxidation sites excluding steroid dienone is 1. The summed E-state index contributed by atoms with van der Waals surface area (Å²) in [5.74, 6) is 0.679. The van der Waals surface area contributed by atoms with E-state index in [9.17, 15) is 5.11 Å². The van der Waals surface area contributed by atoms with Crippen LogP contribution in [0.3, 0.4) is 0 Å². The van der Waals surface area contributed by atoms with Crippen molar-refractivity contribution in [2.45, 2.75) is 31.8 Å². The van der Waals surface area contributed by atoms with E-state index in [1.807, 2.05) is 24.5 Å². The van der Waals surface area contributed by atoms with E-state index in [4.69, 9.17) is 9.84 Å². The van der Waals surface area contributed by atoms with E-state index in [2.05, 4.69) is 65.4 Å². The van der Waals surface area contributed by atoms with Crippen LogP contribution in [0, 0.1) is 0 Å². The summed E-state index contributed by atoms with van der Waals surface area (Å²) in [6.45, 7) is 4.18. The largest absolute Gasteiger partial charge is 0.491 e. The maximum absolute atomic E-state index is 9.65. The van der Waals surface area contributed by atoms with Gasteiger partial charge in [0.25, 0.3) is 0 Å². The van der Waals surface area contributed by atoms with Crippen molar-refractivity contribution in [2.24, 2.45) is 0 Å². The van der Waals surface area contributed by atoms with Gasteiger partial charge in [0.15, 0.2) is 0 Å². The van der Waals surface area contributed by atoms with Gasteiger partial charge >= 0.3 is 0 Å². The lowest BCUT2D eigenvalue weighted by Crippen LogP contribution is -2.24. The fourth-order valence-electron chi connectivity index (χ4n) is 4.58. The van der Waals surface area contributed by atoms with Crippen molar-refractivity contribution < 1.29 is 14.9 Å². The Labute approximate surface area is 186 Å². The van der Waals surface area contributed by atoms with Crippen LogP contribution >= 0.6 is 0 Å². The van der Waals surface area contributed by atoms with Gasteiger partial charge in [0, 0.05) is 33.8 Å². The number of H-pyrrole nitrogens is 2. The predicted octanol–water partition coefficient (Wildman–Crippen LogP) is 4.19. The zero-order valence-corrected chi connectivity index (χ0v) is 18.2. The van der Waals surface area contributed by atoms with Gasteiger partial charge in [0.1, 0.15) is 18.5 Å². The van der Waals surface area contributed by atoms with E-state index < -0.39 is 6.10 Å². The molecule has 0 saturated heterocycles. The van der Waals surface area contributed by atoms with E-state index in [-0.39, 0.29) is 18.6 Å². The smallest absolute Gasteiger partial charge is 0.119 e. The monoisotopic (exact) mass is 429 g/mol. The van der Waals surface area contributed by atoms with Gasteiger partial charge in [-0.2, -0.15) is 5.10 Å². The number of aromatic amines is 2. The van der Waals surface area contributed by atoms with E-state index in [1.54, 1.807) is 0 Å². The molecule has 32 heavy (non-hydrogen) atoms. The van der Waals surface area contributed by atoms with Crippen molar-refractivity contribution in [3.63, 3.8) is 0 Å². The lowest BCUT2D eigenvalue weighted by atomic mass is 9.75. The Morgan fingerprint density at radius 2 is 2.03 bits per heavy atom. The van der Waals surface area contributed by atoms with E-state index in [0.29, 0.717) is 5.75 Å². The first-order valence-electron chi connectivity index (χ1n) is 10.8. The Bertz CT molecular complexity index is 1290. The third-order valence-electron chi connectivity index (χ3n) is 6.33. The number of rotatable bonds is 5. The summed E-state index contributed by atoms with van der Waals surface area (Å²) < 4.78 is 5.74. The van der Waals surface area contributed by atoms with Crippen LogP contribution in [0.4, 0.5) is 0 Å². The minimum atomic E-state index is -0.894. The summed E-state index contributed by atoms with van der Waals surface area (Å²) in [7, 11) is 0. The van der Waals surface area contributed by atoms with Crippen molar-refractivity contribution in [1.29, 1.82) is 0 Å². The normalized spacial score (nSPS) is 16.6. The molecule has 1 aliphatic rings. The SMILES string of the molecule is CC1(C)c2cc(OC[C@H](O)CO)ccc2/C=C/Cc2c1[nH]c1cc(-c3cn[nH]c3)ccc21. The summed E-state index contributed by atoms with van der Waals surface area (Å²) in [6.07, 6.45) is 8.07. The highest BCUT2D eigenvalue weighted by Crippen LogP contribution is 2.42. The molecule has 1 aliphatic carbocycles. The molecule has 0 amide bonds. The Kier molecular flexibility index (Phi) is 5.12. The van der Waals surface area contributed by atoms with Crippen LogP contribution < -0.4 is 4.74 Å². The van der Waals surface area contributed by atoms with Crippen molar-refractivity contribution in [3.05, 3.63) is 77.3 Å². The van der Waals surface area contributed by atoms with Crippen molar-refractivity contribution >= 4 is 17.0 Å². The molecule has 2 heterocycles. The number of ether oxygens (including phenoxy) is 1. The second-order valence-corrected chi connectivity index (χ2v) is 8.85. The molecule has 6 nitrogen and oxygen atoms in total. The molecule has 0 unspecified atom stereocenters. The standard InChI is InChI=1S/C26H27N3O3/c1-26(2)23-11-20(32-15-19(31)14-30)8-6-16(23)4-3-5-22-21-9-7-17(18-12-27-28-13-18)10-24(21)29-25(22)26/h3-4,6-13,19,29-31H,5,14-15H2,1-2H3,(H,27,28)/b4-3+/t19-/m1/s1. The van der Waals surface area contributed by atoms with E-state index >= 15 is 0 Å². The molecular weight excluding hydrogens is 402 g/mol. The number of hydrogen-bond acceptors (Lipinski definition) is 4. The molecule has 0 aliphatic heterocycles. The first-order valence-corrected chi connectivity index (χ1v) is 10.8. The lowest BCUT2D eigenvalue weighted by molar-refractivity contribution is 0.0535. The maximum Gasteiger partial charge on any atom is 0.119 e. The van der Waals surface area contributed by atoms with Gasteiger partial charge in [0.05, 0.1) is 12.8 Å². The van der Waals surface area contributed by atoms with Crippen molar-refractivity contribution in [3.8, 4) is 16.9 Å². The maximum atomic E-state index is 9.65. The first kappa shape index (κ1) is 20.5. The average molecular weight is 430 g/mol. The van der Waals surface area contributed by atoms with E-state index in [0.717, 1.165) is 34.2 Å². The van der Waals surface area contributed by atoms with Gasteiger partial charge in [-0.15, -0.1) is 0 Å². The molecule has 0 saturated carbocycles. The van der Waals surface area contributed by atoms with E-state index in [1.165, 1.54) is 16.6 Å². The number of aliphatic hydroxyl groups is 2. The molecule has 0 bridgehead atoms. The number of benzene rings is 2. The fraction of sp³-hybridized carbons (Fsp3) is 0.269. The molecule has 2 aromatic carbocycles. The summed E-state index contributed by atoms with van der Waals surface area (Å²) in [5, 5.41) is 26.9. The number of nitrogens with one attached hydrogen (secondary N) is 2. The zero-order valence-electron chi connectivity index (χ0n) is 18.2. The van der Waals surface area contributed by atoms with Crippen LogP contribution in [0.15, 0.2) is 54.9 Å². The average Bonchev–Trinajstić information content (AvgIpc) is 3.45. The molecule has 0 spiro atoms. The second kappa shape index (κ2) is 7.97. The molecule has 4 aromatic rings. The summed E-state index contributed by atoms with van der Waals surface area (Å²) in [6, 6.07) is 12.5. The zero-order chi connectivity index (χ0) is 22.3. The Morgan fingerprint density at radius 1 is 1.16 bits per heavy atom. The van der Waals surface area contributed by atoms with Crippen LogP contribution in [0.25, 0.3) is 28.1 Å². The molecule has 4 N–H and O–H groups in total. The molecule has 1 atom stereocenters. The summed E-state index contributed by atoms with van der Waals surface area (Å²) in [5.41, 5.74) is 7.78. The van der Waals surface area contributed by atoms with Crippen LogP contribution in [-0.4, -0.2) is 44.7 Å². The molecule has 0 fully saturated rings. The number of aliphatic hydroxyl groups excluding tert-OH is 2. The number of nitrogens with zero attached hydrogens (tertiary/aromatic N) is 1. The highest BCUT2D eigenvalue weighted by Gasteiger charge is 2.32. The van der Waals surface area contributed by atoms with Gasteiger partial charge in [0.2, 0.25) is 0 Å². The van der Waals surface area contributed by atoms with Gasteiger partial charge in [-0.05, 0) is 46.9 Å². The number of fused-ring (bicyclic) bond motifs is 4. The summed E-state index contributed by atoms with van der Waals surface area (Å²) >= 11 is 0. The first-order chi connectivity index (χ1) is 15.5. The number of hydrogen-bond donors (Lipinski definition) is 4. The van der Waals surface area contributed by atoms with Crippen LogP contribution in [-0.2, 0) is 11.8 Å². The third-order valence-corrected chi connectivity index (χ3v) is 6.33. The Balaban J connectivity index is 1.60. The highest BCUT2D eigenvalue weighted by molar-refractivity contribution is 5.90. The topological polar surface area (TPSA) is 94.2 Å². The Morgan fingerprint density at radius 3 is 2.81 bits per heavy atom. The molecule has 6 heteroatoms. The predicted molar refractivity (Wildman–Crippen MR) is 126 cm³/mol. The molecule has 2 aromatic heterocycles. The summed E-state index contributed by atoms with van der Waals surface area (Å²) in [4.78, 5) is 3.72. The van der Waals surface area contributed by atoms with Crippen molar-refractivity contribution in [2.75, 3.05) is 13.2 Å². The number of aromatic nitrogens is 3. The van der Waals surface area contributed by atoms with Gasteiger partial charge in [-0.3, -0.25) is 5.10 Å². The van der Waals surface area contributed by atoms with Crippen LogP contribution in [0.2, 0.25) is 0 Å². The quantitative estimate of drug-likeness (QED) is 0.383. The Hall–Kier alpha value is -3.35. The minimum Gasteiger partial charge on any atom is -0.491 e. The van der Waals surface area contributed by atoms with Gasteiger partial charge < -0.3 is 19.9 Å². The third kappa shape index (κ3) is 3.51. The molecule has 5 rings (SSSR count). The lowest BCUT2D eigenvalue weighted by Gasteiger charge is -2.29. The molecule has 164 valence electrons. The fourth-order valence-corrected chi connectivity index (χ4v) is 4.58. The van der Waals surface area contributed by atoms with Gasteiger partial charge in [-0.25, -0.2) is 0 Å².